The number of carboxylic acids is 1. The molecule has 0 spiro atoms. The van der Waals surface area contributed by atoms with Crippen LogP contribution in [0.25, 0.3) is 0 Å². The van der Waals surface area contributed by atoms with Crippen molar-refractivity contribution in [2.24, 2.45) is 7.05 Å². The van der Waals surface area contributed by atoms with E-state index in [1.54, 1.807) is 20.0 Å². The second-order valence-electron chi connectivity index (χ2n) is 4.64. The number of benzene rings is 1. The van der Waals surface area contributed by atoms with E-state index in [0.717, 1.165) is 0 Å². The topological polar surface area (TPSA) is 84.2 Å². The van der Waals surface area contributed by atoms with E-state index in [9.17, 15) is 14.7 Å². The molecule has 0 saturated heterocycles. The maximum absolute atomic E-state index is 12.2. The molecule has 2 aromatic rings. The standard InChI is InChI=1S/C14H13Cl2N3O3/c1-7-12(14(21)22)13(19(2)18-7)17-6-11(20)9-4-3-8(15)5-10(9)16/h3-5,17H,6H2,1-2H3,(H,21,22). The van der Waals surface area contributed by atoms with E-state index >= 15 is 0 Å². The van der Waals surface area contributed by atoms with E-state index in [4.69, 9.17) is 23.2 Å². The monoisotopic (exact) mass is 341 g/mol. The van der Waals surface area contributed by atoms with Crippen LogP contribution in [0, 0.1) is 6.92 Å². The van der Waals surface area contributed by atoms with Gasteiger partial charge in [-0.25, -0.2) is 4.79 Å². The van der Waals surface area contributed by atoms with Gasteiger partial charge < -0.3 is 10.4 Å². The molecule has 1 heterocycles. The number of hydrogen-bond acceptors (Lipinski definition) is 4. The van der Waals surface area contributed by atoms with E-state index in [-0.39, 0.29) is 28.7 Å². The molecule has 116 valence electrons. The molecule has 0 fully saturated rings. The first-order valence-corrected chi connectivity index (χ1v) is 7.06. The number of ketones is 1. The van der Waals surface area contributed by atoms with Gasteiger partial charge in [-0.1, -0.05) is 23.2 Å². The lowest BCUT2D eigenvalue weighted by atomic mass is 10.1. The highest BCUT2D eigenvalue weighted by atomic mass is 35.5. The van der Waals surface area contributed by atoms with Crippen molar-refractivity contribution < 1.29 is 14.7 Å². The molecule has 0 atom stereocenters. The molecule has 22 heavy (non-hydrogen) atoms. The van der Waals surface area contributed by atoms with Crippen LogP contribution in [0.2, 0.25) is 10.0 Å². The van der Waals surface area contributed by atoms with Crippen molar-refractivity contribution in [3.05, 3.63) is 45.1 Å². The van der Waals surface area contributed by atoms with Gasteiger partial charge in [0, 0.05) is 17.6 Å². The minimum absolute atomic E-state index is 0.0394. The fourth-order valence-corrected chi connectivity index (χ4v) is 2.61. The van der Waals surface area contributed by atoms with Crippen LogP contribution in [-0.4, -0.2) is 33.2 Å². The van der Waals surface area contributed by atoms with Crippen LogP contribution in [-0.2, 0) is 7.05 Å². The molecule has 2 N–H and O–H groups in total. The molecule has 0 amide bonds. The third-order valence-electron chi connectivity index (χ3n) is 3.08. The van der Waals surface area contributed by atoms with Crippen molar-refractivity contribution in [1.29, 1.82) is 0 Å². The minimum atomic E-state index is -1.11. The summed E-state index contributed by atoms with van der Waals surface area (Å²) in [5.74, 6) is -1.12. The van der Waals surface area contributed by atoms with E-state index in [2.05, 4.69) is 10.4 Å². The van der Waals surface area contributed by atoms with Crippen LogP contribution in [0.5, 0.6) is 0 Å². The largest absolute Gasteiger partial charge is 0.477 e. The Morgan fingerprint density at radius 3 is 2.64 bits per heavy atom. The molecule has 6 nitrogen and oxygen atoms in total. The number of carboxylic acid groups (broad SMARTS) is 1. The van der Waals surface area contributed by atoms with Crippen molar-refractivity contribution in [2.45, 2.75) is 6.92 Å². The van der Waals surface area contributed by atoms with Gasteiger partial charge in [0.15, 0.2) is 5.78 Å². The highest BCUT2D eigenvalue weighted by molar-refractivity contribution is 6.36. The minimum Gasteiger partial charge on any atom is -0.477 e. The highest BCUT2D eigenvalue weighted by Gasteiger charge is 2.20. The lowest BCUT2D eigenvalue weighted by molar-refractivity contribution is 0.0696. The maximum atomic E-state index is 12.2. The van der Waals surface area contributed by atoms with Crippen molar-refractivity contribution in [3.8, 4) is 0 Å². The number of halogens is 2. The number of nitrogens with one attached hydrogen (secondary N) is 1. The third-order valence-corrected chi connectivity index (χ3v) is 3.63. The summed E-state index contributed by atoms with van der Waals surface area (Å²) in [7, 11) is 1.60. The lowest BCUT2D eigenvalue weighted by Crippen LogP contribution is -2.18. The van der Waals surface area contributed by atoms with E-state index in [1.807, 2.05) is 0 Å². The zero-order valence-electron chi connectivity index (χ0n) is 11.9. The van der Waals surface area contributed by atoms with Crippen LogP contribution in [0.3, 0.4) is 0 Å². The molecule has 0 bridgehead atoms. The Bertz CT molecular complexity index is 756. The Balaban J connectivity index is 2.20. The van der Waals surface area contributed by atoms with Gasteiger partial charge in [0.05, 0.1) is 17.3 Å². The number of rotatable bonds is 5. The second kappa shape index (κ2) is 6.37. The van der Waals surface area contributed by atoms with Gasteiger partial charge >= 0.3 is 5.97 Å². The van der Waals surface area contributed by atoms with Gasteiger partial charge in [-0.2, -0.15) is 5.10 Å². The van der Waals surface area contributed by atoms with Crippen molar-refractivity contribution >= 4 is 40.8 Å². The molecule has 8 heteroatoms. The van der Waals surface area contributed by atoms with Crippen molar-refractivity contribution in [1.82, 2.24) is 9.78 Å². The molecule has 0 radical (unpaired) electrons. The Hall–Kier alpha value is -2.05. The summed E-state index contributed by atoms with van der Waals surface area (Å²) < 4.78 is 1.38. The summed E-state index contributed by atoms with van der Waals surface area (Å²) in [6.07, 6.45) is 0. The van der Waals surface area contributed by atoms with Gasteiger partial charge in [-0.15, -0.1) is 0 Å². The summed E-state index contributed by atoms with van der Waals surface area (Å²) in [5, 5.41) is 16.7. The van der Waals surface area contributed by atoms with E-state index in [0.29, 0.717) is 16.3 Å². The van der Waals surface area contributed by atoms with Gasteiger partial charge in [0.1, 0.15) is 11.4 Å². The molecule has 0 aliphatic carbocycles. The molecular formula is C14H13Cl2N3O3. The zero-order chi connectivity index (χ0) is 16.4. The number of carbonyl (C=O) groups is 2. The molecular weight excluding hydrogens is 329 g/mol. The van der Waals surface area contributed by atoms with Crippen LogP contribution in [0.1, 0.15) is 26.4 Å². The second-order valence-corrected chi connectivity index (χ2v) is 5.48. The molecule has 0 unspecified atom stereocenters. The summed E-state index contributed by atoms with van der Waals surface area (Å²) >= 11 is 11.8. The molecule has 0 aliphatic rings. The number of hydrogen-bond donors (Lipinski definition) is 2. The fourth-order valence-electron chi connectivity index (χ4n) is 2.09. The predicted molar refractivity (Wildman–Crippen MR) is 84.2 cm³/mol. The average molecular weight is 342 g/mol. The molecule has 0 saturated carbocycles. The Labute approximate surface area is 136 Å². The fraction of sp³-hybridized carbons (Fsp3) is 0.214. The molecule has 1 aromatic carbocycles. The average Bonchev–Trinajstić information content (AvgIpc) is 2.70. The summed E-state index contributed by atoms with van der Waals surface area (Å²) in [5.41, 5.74) is 0.723. The molecule has 1 aromatic heterocycles. The number of carbonyl (C=O) groups excluding carboxylic acids is 1. The first-order chi connectivity index (χ1) is 10.3. The number of aryl methyl sites for hydroxylation is 2. The van der Waals surface area contributed by atoms with Crippen molar-refractivity contribution in [3.63, 3.8) is 0 Å². The van der Waals surface area contributed by atoms with Gasteiger partial charge in [-0.05, 0) is 25.1 Å². The smallest absolute Gasteiger partial charge is 0.341 e. The van der Waals surface area contributed by atoms with E-state index in [1.165, 1.54) is 16.8 Å². The van der Waals surface area contributed by atoms with E-state index < -0.39 is 5.97 Å². The molecule has 2 rings (SSSR count). The Morgan fingerprint density at radius 2 is 2.05 bits per heavy atom. The lowest BCUT2D eigenvalue weighted by Gasteiger charge is -2.08. The van der Waals surface area contributed by atoms with Gasteiger partial charge in [-0.3, -0.25) is 9.48 Å². The number of aromatic carboxylic acids is 1. The van der Waals surface area contributed by atoms with Gasteiger partial charge in [0.25, 0.3) is 0 Å². The maximum Gasteiger partial charge on any atom is 0.341 e. The quantitative estimate of drug-likeness (QED) is 0.816. The van der Waals surface area contributed by atoms with Crippen LogP contribution >= 0.6 is 23.2 Å². The first-order valence-electron chi connectivity index (χ1n) is 6.30. The summed E-state index contributed by atoms with van der Waals surface area (Å²) in [6, 6.07) is 4.58. The number of aromatic nitrogens is 2. The number of nitrogens with zero attached hydrogens (tertiary/aromatic N) is 2. The highest BCUT2D eigenvalue weighted by Crippen LogP contribution is 2.22. The normalized spacial score (nSPS) is 10.5. The Morgan fingerprint density at radius 1 is 1.36 bits per heavy atom. The first kappa shape index (κ1) is 16.3. The molecule has 0 aliphatic heterocycles. The SMILES string of the molecule is Cc1nn(C)c(NCC(=O)c2ccc(Cl)cc2Cl)c1C(=O)O. The third kappa shape index (κ3) is 3.23. The predicted octanol–water partition coefficient (Wildman–Crippen LogP) is 3.03. The zero-order valence-corrected chi connectivity index (χ0v) is 13.4. The number of Topliss-reactive ketones (excluding diaryl/α,β-unsaturated/α-hetero) is 1. The van der Waals surface area contributed by atoms with Crippen LogP contribution in [0.15, 0.2) is 18.2 Å². The van der Waals surface area contributed by atoms with Crippen LogP contribution in [0.4, 0.5) is 5.82 Å². The summed E-state index contributed by atoms with van der Waals surface area (Å²) in [6.45, 7) is 1.48. The summed E-state index contributed by atoms with van der Waals surface area (Å²) in [4.78, 5) is 23.4. The van der Waals surface area contributed by atoms with Gasteiger partial charge in [0.2, 0.25) is 0 Å². The Kier molecular flexibility index (Phi) is 4.73. The number of anilines is 1. The van der Waals surface area contributed by atoms with Crippen LogP contribution < -0.4 is 5.32 Å². The van der Waals surface area contributed by atoms with Crippen molar-refractivity contribution in [2.75, 3.05) is 11.9 Å².